The van der Waals surface area contributed by atoms with Crippen LogP contribution in [0.25, 0.3) is 16.2 Å². The Morgan fingerprint density at radius 2 is 1.80 bits per heavy atom. The molecule has 0 aliphatic rings. The number of thiophene rings is 1. The molecule has 0 unspecified atom stereocenters. The summed E-state index contributed by atoms with van der Waals surface area (Å²) in [7, 11) is -3.75. The van der Waals surface area contributed by atoms with Crippen molar-refractivity contribution in [2.24, 2.45) is 5.14 Å². The maximum atomic E-state index is 12.0. The lowest BCUT2D eigenvalue weighted by atomic mass is 10.2. The van der Waals surface area contributed by atoms with Crippen LogP contribution in [-0.4, -0.2) is 14.3 Å². The Kier molecular flexibility index (Phi) is 4.91. The van der Waals surface area contributed by atoms with E-state index in [1.165, 1.54) is 41.7 Å². The van der Waals surface area contributed by atoms with Gasteiger partial charge in [-0.3, -0.25) is 4.79 Å². The fourth-order valence-electron chi connectivity index (χ4n) is 2.20. The molecule has 3 N–H and O–H groups in total. The van der Waals surface area contributed by atoms with Gasteiger partial charge in [-0.05, 0) is 36.4 Å². The van der Waals surface area contributed by atoms with E-state index in [0.29, 0.717) is 10.7 Å². The zero-order chi connectivity index (χ0) is 18.0. The number of nitrogens with one attached hydrogen (secondary N) is 1. The third-order valence-corrected chi connectivity index (χ3v) is 5.98. The number of carbonyl (C=O) groups is 1. The number of rotatable bonds is 4. The number of benzene rings is 2. The minimum absolute atomic E-state index is 0.0156. The van der Waals surface area contributed by atoms with E-state index >= 15 is 0 Å². The number of amides is 1. The van der Waals surface area contributed by atoms with Gasteiger partial charge in [-0.15, -0.1) is 11.3 Å². The van der Waals surface area contributed by atoms with E-state index in [4.69, 9.17) is 16.7 Å². The Labute approximate surface area is 153 Å². The van der Waals surface area contributed by atoms with Crippen LogP contribution in [0.15, 0.2) is 59.5 Å². The molecular weight excluding hydrogens is 380 g/mol. The van der Waals surface area contributed by atoms with Crippen LogP contribution in [0.2, 0.25) is 5.02 Å². The van der Waals surface area contributed by atoms with Crippen LogP contribution in [0.4, 0.5) is 5.69 Å². The van der Waals surface area contributed by atoms with E-state index in [9.17, 15) is 13.2 Å². The molecule has 0 atom stereocenters. The molecule has 3 rings (SSSR count). The molecule has 25 heavy (non-hydrogen) atoms. The average molecular weight is 393 g/mol. The normalized spacial score (nSPS) is 11.9. The van der Waals surface area contributed by atoms with Crippen molar-refractivity contribution in [2.75, 3.05) is 5.32 Å². The van der Waals surface area contributed by atoms with Crippen LogP contribution in [0.3, 0.4) is 0 Å². The van der Waals surface area contributed by atoms with Crippen molar-refractivity contribution < 1.29 is 13.2 Å². The zero-order valence-corrected chi connectivity index (χ0v) is 15.2. The number of sulfonamides is 1. The SMILES string of the molecule is NS(=O)(=O)c1ccc(NC(=O)/C=C\c2sc3ccccc3c2Cl)cc1. The summed E-state index contributed by atoms with van der Waals surface area (Å²) in [6.45, 7) is 0. The standard InChI is InChI=1S/C17H13ClN2O3S2/c18-17-13-3-1-2-4-14(13)24-15(17)9-10-16(21)20-11-5-7-12(8-6-11)25(19,22)23/h1-10H,(H,20,21)(H2,19,22,23)/b10-9-. The van der Waals surface area contributed by atoms with Crippen LogP contribution in [0, 0.1) is 0 Å². The summed E-state index contributed by atoms with van der Waals surface area (Å²) in [5.74, 6) is -0.350. The van der Waals surface area contributed by atoms with Crippen molar-refractivity contribution in [3.05, 3.63) is 64.5 Å². The molecule has 0 fully saturated rings. The van der Waals surface area contributed by atoms with Crippen molar-refractivity contribution in [1.29, 1.82) is 0 Å². The van der Waals surface area contributed by atoms with E-state index in [0.717, 1.165) is 15.0 Å². The smallest absolute Gasteiger partial charge is 0.248 e. The summed E-state index contributed by atoms with van der Waals surface area (Å²) in [6, 6.07) is 13.3. The van der Waals surface area contributed by atoms with E-state index in [1.807, 2.05) is 24.3 Å². The number of anilines is 1. The van der Waals surface area contributed by atoms with Gasteiger partial charge in [0.15, 0.2) is 0 Å². The second-order valence-corrected chi connectivity index (χ2v) is 8.19. The first-order chi connectivity index (χ1) is 11.8. The third kappa shape index (κ3) is 4.08. The number of fused-ring (bicyclic) bond motifs is 1. The van der Waals surface area contributed by atoms with Crippen molar-refractivity contribution >= 4 is 60.7 Å². The third-order valence-electron chi connectivity index (χ3n) is 3.40. The Balaban J connectivity index is 1.73. The Hall–Kier alpha value is -2.19. The number of nitrogens with two attached hydrogens (primary N) is 1. The van der Waals surface area contributed by atoms with Crippen LogP contribution >= 0.6 is 22.9 Å². The van der Waals surface area contributed by atoms with Crippen LogP contribution < -0.4 is 10.5 Å². The summed E-state index contributed by atoms with van der Waals surface area (Å²) < 4.78 is 23.4. The van der Waals surface area contributed by atoms with Crippen molar-refractivity contribution in [1.82, 2.24) is 0 Å². The molecule has 0 saturated heterocycles. The molecule has 1 amide bonds. The molecule has 0 aliphatic heterocycles. The number of carbonyl (C=O) groups excluding carboxylic acids is 1. The van der Waals surface area contributed by atoms with Gasteiger partial charge in [-0.25, -0.2) is 13.6 Å². The summed E-state index contributed by atoms with van der Waals surface area (Å²) in [5, 5.41) is 9.24. The van der Waals surface area contributed by atoms with Gasteiger partial charge < -0.3 is 5.32 Å². The molecular formula is C17H13ClN2O3S2. The maximum Gasteiger partial charge on any atom is 0.248 e. The highest BCUT2D eigenvalue weighted by Gasteiger charge is 2.09. The molecule has 0 aliphatic carbocycles. The summed E-state index contributed by atoms with van der Waals surface area (Å²) in [4.78, 5) is 12.8. The van der Waals surface area contributed by atoms with Crippen LogP contribution in [0.5, 0.6) is 0 Å². The van der Waals surface area contributed by atoms with Crippen molar-refractivity contribution in [3.63, 3.8) is 0 Å². The molecule has 8 heteroatoms. The van der Waals surface area contributed by atoms with Gasteiger partial charge in [0.2, 0.25) is 15.9 Å². The molecule has 1 heterocycles. The molecule has 0 bridgehead atoms. The first-order valence-corrected chi connectivity index (χ1v) is 9.87. The lowest BCUT2D eigenvalue weighted by Crippen LogP contribution is -2.12. The van der Waals surface area contributed by atoms with E-state index < -0.39 is 10.0 Å². The minimum atomic E-state index is -3.75. The largest absolute Gasteiger partial charge is 0.323 e. The van der Waals surface area contributed by atoms with E-state index in [2.05, 4.69) is 5.32 Å². The molecule has 5 nitrogen and oxygen atoms in total. The monoisotopic (exact) mass is 392 g/mol. The Bertz CT molecular complexity index is 1070. The van der Waals surface area contributed by atoms with Gasteiger partial charge in [0.05, 0.1) is 9.92 Å². The van der Waals surface area contributed by atoms with Gasteiger partial charge >= 0.3 is 0 Å². The van der Waals surface area contributed by atoms with Gasteiger partial charge in [0, 0.05) is 26.7 Å². The zero-order valence-electron chi connectivity index (χ0n) is 12.8. The first kappa shape index (κ1) is 17.6. The van der Waals surface area contributed by atoms with Gasteiger partial charge in [0.1, 0.15) is 0 Å². The average Bonchev–Trinajstić information content (AvgIpc) is 2.89. The lowest BCUT2D eigenvalue weighted by Gasteiger charge is -2.03. The lowest BCUT2D eigenvalue weighted by molar-refractivity contribution is -0.111. The van der Waals surface area contributed by atoms with Gasteiger partial charge in [-0.2, -0.15) is 0 Å². The second kappa shape index (κ2) is 6.97. The highest BCUT2D eigenvalue weighted by Crippen LogP contribution is 2.35. The maximum absolute atomic E-state index is 12.0. The minimum Gasteiger partial charge on any atom is -0.323 e. The second-order valence-electron chi connectivity index (χ2n) is 5.17. The molecule has 0 saturated carbocycles. The molecule has 128 valence electrons. The number of halogens is 1. The molecule has 3 aromatic rings. The van der Waals surface area contributed by atoms with Crippen molar-refractivity contribution in [3.8, 4) is 0 Å². The summed E-state index contributed by atoms with van der Waals surface area (Å²) in [5.41, 5.74) is 0.462. The summed E-state index contributed by atoms with van der Waals surface area (Å²) >= 11 is 7.82. The Morgan fingerprint density at radius 1 is 1.12 bits per heavy atom. The topological polar surface area (TPSA) is 89.3 Å². The fraction of sp³-hybridized carbons (Fsp3) is 0. The number of hydrogen-bond acceptors (Lipinski definition) is 4. The molecule has 0 radical (unpaired) electrons. The number of primary sulfonamides is 1. The fourth-order valence-corrected chi connectivity index (χ4v) is 4.12. The van der Waals surface area contributed by atoms with Gasteiger partial charge in [0.25, 0.3) is 0 Å². The predicted octanol–water partition coefficient (Wildman–Crippen LogP) is 3.85. The number of hydrogen-bond donors (Lipinski definition) is 2. The molecule has 1 aromatic heterocycles. The Morgan fingerprint density at radius 3 is 2.44 bits per heavy atom. The quantitative estimate of drug-likeness (QED) is 0.661. The van der Waals surface area contributed by atoms with Crippen LogP contribution in [0.1, 0.15) is 4.88 Å². The van der Waals surface area contributed by atoms with Gasteiger partial charge in [-0.1, -0.05) is 29.8 Å². The molecule has 0 spiro atoms. The first-order valence-electron chi connectivity index (χ1n) is 7.13. The molecule has 2 aromatic carbocycles. The highest BCUT2D eigenvalue weighted by molar-refractivity contribution is 7.89. The van der Waals surface area contributed by atoms with Crippen molar-refractivity contribution in [2.45, 2.75) is 4.90 Å². The predicted molar refractivity (Wildman–Crippen MR) is 102 cm³/mol. The summed E-state index contributed by atoms with van der Waals surface area (Å²) in [6.07, 6.45) is 3.03. The van der Waals surface area contributed by atoms with Crippen LogP contribution in [-0.2, 0) is 14.8 Å². The van der Waals surface area contributed by atoms with E-state index in [-0.39, 0.29) is 10.8 Å². The highest BCUT2D eigenvalue weighted by atomic mass is 35.5. The van der Waals surface area contributed by atoms with E-state index in [1.54, 1.807) is 6.08 Å².